The number of benzene rings is 1. The van der Waals surface area contributed by atoms with E-state index < -0.39 is 37.1 Å². The zero-order valence-electron chi connectivity index (χ0n) is 11.5. The summed E-state index contributed by atoms with van der Waals surface area (Å²) >= 11 is 0. The maximum absolute atomic E-state index is 10.9. The molecule has 1 aromatic carbocycles. The number of ether oxygens (including phenoxy) is 1. The van der Waals surface area contributed by atoms with Gasteiger partial charge in [-0.3, -0.25) is 4.79 Å². The number of rotatable bonds is 3. The van der Waals surface area contributed by atoms with Crippen molar-refractivity contribution < 1.29 is 30.0 Å². The van der Waals surface area contributed by atoms with Crippen LogP contribution >= 0.6 is 0 Å². The molecule has 0 radical (unpaired) electrons. The predicted molar refractivity (Wildman–Crippen MR) is 73.5 cm³/mol. The first-order valence-electron chi connectivity index (χ1n) is 6.62. The van der Waals surface area contributed by atoms with E-state index >= 15 is 0 Å². The zero-order chi connectivity index (χ0) is 15.6. The van der Waals surface area contributed by atoms with E-state index in [0.29, 0.717) is 11.3 Å². The quantitative estimate of drug-likeness (QED) is 0.496. The van der Waals surface area contributed by atoms with Gasteiger partial charge in [0, 0.05) is 12.6 Å². The fraction of sp³-hybridized carbons (Fsp3) is 0.500. The third-order valence-electron chi connectivity index (χ3n) is 3.45. The predicted octanol–water partition coefficient (Wildman–Crippen LogP) is -0.840. The summed E-state index contributed by atoms with van der Waals surface area (Å²) in [6.45, 7) is 0.928. The topological polar surface area (TPSA) is 119 Å². The Hall–Kier alpha value is -1.51. The molecule has 1 aliphatic rings. The molecule has 1 heterocycles. The van der Waals surface area contributed by atoms with Crippen LogP contribution in [0.25, 0.3) is 0 Å². The first kappa shape index (κ1) is 15.9. The molecule has 7 nitrogen and oxygen atoms in total. The molecule has 1 amide bonds. The number of aliphatic hydroxyl groups excluding tert-OH is 4. The third kappa shape index (κ3) is 3.39. The zero-order valence-corrected chi connectivity index (χ0v) is 11.5. The molecule has 0 bridgehead atoms. The molecule has 1 fully saturated rings. The highest BCUT2D eigenvalue weighted by Crippen LogP contribution is 2.32. The minimum atomic E-state index is -1.41. The first-order valence-corrected chi connectivity index (χ1v) is 6.62. The van der Waals surface area contributed by atoms with Gasteiger partial charge < -0.3 is 30.5 Å². The smallest absolute Gasteiger partial charge is 0.221 e. The number of hydrogen-bond acceptors (Lipinski definition) is 6. The highest BCUT2D eigenvalue weighted by molar-refractivity contribution is 5.88. The molecule has 5 atom stereocenters. The van der Waals surface area contributed by atoms with Gasteiger partial charge in [-0.2, -0.15) is 0 Å². The van der Waals surface area contributed by atoms with E-state index in [-0.39, 0.29) is 5.91 Å². The van der Waals surface area contributed by atoms with Crippen molar-refractivity contribution >= 4 is 11.6 Å². The van der Waals surface area contributed by atoms with Crippen molar-refractivity contribution in [1.29, 1.82) is 0 Å². The summed E-state index contributed by atoms with van der Waals surface area (Å²) in [4.78, 5) is 10.9. The molecule has 21 heavy (non-hydrogen) atoms. The monoisotopic (exact) mass is 297 g/mol. The van der Waals surface area contributed by atoms with Crippen LogP contribution in [-0.2, 0) is 9.53 Å². The second kappa shape index (κ2) is 6.50. The fourth-order valence-electron chi connectivity index (χ4n) is 2.34. The number of anilines is 1. The van der Waals surface area contributed by atoms with E-state index in [1.807, 2.05) is 0 Å². The second-order valence-corrected chi connectivity index (χ2v) is 5.05. The maximum atomic E-state index is 10.9. The standard InChI is InChI=1S/C14H19NO6/c1-7(17)15-9-4-2-8(3-5-9)14-13(20)12(19)11(18)10(6-16)21-14/h2-5,10-14,16,18-20H,6H2,1H3,(H,15,17)/t10-,11-,12+,13-,14+/m1/s1. The number of nitrogens with one attached hydrogen (secondary N) is 1. The summed E-state index contributed by atoms with van der Waals surface area (Å²) in [5.74, 6) is -0.199. The van der Waals surface area contributed by atoms with Crippen LogP contribution in [0.4, 0.5) is 5.69 Å². The molecule has 0 aliphatic carbocycles. The summed E-state index contributed by atoms with van der Waals surface area (Å²) in [6.07, 6.45) is -5.90. The van der Waals surface area contributed by atoms with Crippen molar-refractivity contribution in [3.05, 3.63) is 29.8 Å². The van der Waals surface area contributed by atoms with Gasteiger partial charge in [-0.05, 0) is 17.7 Å². The van der Waals surface area contributed by atoms with Gasteiger partial charge in [0.05, 0.1) is 6.61 Å². The molecule has 0 spiro atoms. The maximum Gasteiger partial charge on any atom is 0.221 e. The highest BCUT2D eigenvalue weighted by Gasteiger charge is 2.43. The number of aliphatic hydroxyl groups is 4. The van der Waals surface area contributed by atoms with Gasteiger partial charge in [0.25, 0.3) is 0 Å². The molecule has 116 valence electrons. The van der Waals surface area contributed by atoms with Gasteiger partial charge in [-0.25, -0.2) is 0 Å². The van der Waals surface area contributed by atoms with Crippen molar-refractivity contribution in [1.82, 2.24) is 0 Å². The molecule has 1 aliphatic heterocycles. The highest BCUT2D eigenvalue weighted by atomic mass is 16.5. The van der Waals surface area contributed by atoms with Crippen LogP contribution < -0.4 is 5.32 Å². The summed E-state index contributed by atoms with van der Waals surface area (Å²) in [6, 6.07) is 6.55. The largest absolute Gasteiger partial charge is 0.394 e. The van der Waals surface area contributed by atoms with Crippen molar-refractivity contribution in [3.8, 4) is 0 Å². The van der Waals surface area contributed by atoms with Gasteiger partial charge in [-0.15, -0.1) is 0 Å². The van der Waals surface area contributed by atoms with E-state index in [0.717, 1.165) is 0 Å². The minimum Gasteiger partial charge on any atom is -0.394 e. The van der Waals surface area contributed by atoms with Crippen LogP contribution in [-0.4, -0.2) is 57.4 Å². The lowest BCUT2D eigenvalue weighted by molar-refractivity contribution is -0.231. The molecule has 0 saturated carbocycles. The van der Waals surface area contributed by atoms with Gasteiger partial charge in [0.2, 0.25) is 5.91 Å². The molecule has 5 N–H and O–H groups in total. The summed E-state index contributed by atoms with van der Waals surface area (Å²) in [7, 11) is 0. The van der Waals surface area contributed by atoms with Gasteiger partial charge in [0.15, 0.2) is 0 Å². The Bertz CT molecular complexity index is 489. The fourth-order valence-corrected chi connectivity index (χ4v) is 2.34. The Kier molecular flexibility index (Phi) is 4.92. The Morgan fingerprint density at radius 1 is 1.14 bits per heavy atom. The molecular weight excluding hydrogens is 278 g/mol. The number of carbonyl (C=O) groups excluding carboxylic acids is 1. The van der Waals surface area contributed by atoms with E-state index in [1.54, 1.807) is 24.3 Å². The lowest BCUT2D eigenvalue weighted by Gasteiger charge is -2.40. The van der Waals surface area contributed by atoms with Gasteiger partial charge in [0.1, 0.15) is 30.5 Å². The van der Waals surface area contributed by atoms with E-state index in [4.69, 9.17) is 9.84 Å². The summed E-state index contributed by atoms with van der Waals surface area (Å²) in [5.41, 5.74) is 1.16. The third-order valence-corrected chi connectivity index (χ3v) is 3.45. The average molecular weight is 297 g/mol. The molecule has 1 saturated heterocycles. The van der Waals surface area contributed by atoms with Crippen LogP contribution in [0.3, 0.4) is 0 Å². The van der Waals surface area contributed by atoms with Crippen LogP contribution in [0.1, 0.15) is 18.6 Å². The van der Waals surface area contributed by atoms with Crippen molar-refractivity contribution in [2.24, 2.45) is 0 Å². The van der Waals surface area contributed by atoms with Crippen LogP contribution in [0.5, 0.6) is 0 Å². The molecule has 7 heteroatoms. The van der Waals surface area contributed by atoms with E-state index in [9.17, 15) is 20.1 Å². The van der Waals surface area contributed by atoms with Crippen molar-refractivity contribution in [3.63, 3.8) is 0 Å². The molecule has 2 rings (SSSR count). The number of amides is 1. The molecule has 1 aromatic rings. The van der Waals surface area contributed by atoms with Gasteiger partial charge in [-0.1, -0.05) is 12.1 Å². The number of hydrogen-bond donors (Lipinski definition) is 5. The summed E-state index contributed by atoms with van der Waals surface area (Å²) < 4.78 is 5.44. The van der Waals surface area contributed by atoms with Crippen LogP contribution in [0.15, 0.2) is 24.3 Å². The van der Waals surface area contributed by atoms with Crippen LogP contribution in [0.2, 0.25) is 0 Å². The van der Waals surface area contributed by atoms with Crippen molar-refractivity contribution in [2.75, 3.05) is 11.9 Å². The molecule has 0 unspecified atom stereocenters. The van der Waals surface area contributed by atoms with Crippen LogP contribution in [0, 0.1) is 0 Å². The summed E-state index contributed by atoms with van der Waals surface area (Å²) in [5, 5.41) is 41.2. The molecule has 0 aromatic heterocycles. The lowest BCUT2D eigenvalue weighted by atomic mass is 9.91. The first-order chi connectivity index (χ1) is 9.93. The Morgan fingerprint density at radius 2 is 1.76 bits per heavy atom. The second-order valence-electron chi connectivity index (χ2n) is 5.05. The number of carbonyl (C=O) groups is 1. The van der Waals surface area contributed by atoms with E-state index in [1.165, 1.54) is 6.92 Å². The van der Waals surface area contributed by atoms with Crippen molar-refractivity contribution in [2.45, 2.75) is 37.4 Å². The Labute approximate surface area is 121 Å². The lowest BCUT2D eigenvalue weighted by Crippen LogP contribution is -2.55. The molecular formula is C14H19NO6. The SMILES string of the molecule is CC(=O)Nc1ccc([C@@H]2O[C@H](CO)[C@@H](O)[C@H](O)[C@H]2O)cc1. The van der Waals surface area contributed by atoms with E-state index in [2.05, 4.69) is 5.32 Å². The normalized spacial score (nSPS) is 32.7. The Balaban J connectivity index is 2.18. The Morgan fingerprint density at radius 3 is 2.29 bits per heavy atom. The minimum absolute atomic E-state index is 0.199. The van der Waals surface area contributed by atoms with Gasteiger partial charge >= 0.3 is 0 Å². The average Bonchev–Trinajstić information content (AvgIpc) is 2.46.